The Morgan fingerprint density at radius 3 is 2.60 bits per heavy atom. The highest BCUT2D eigenvalue weighted by Crippen LogP contribution is 2.37. The summed E-state index contributed by atoms with van der Waals surface area (Å²) in [6.45, 7) is 0. The van der Waals surface area contributed by atoms with E-state index in [-0.39, 0.29) is 11.9 Å². The van der Waals surface area contributed by atoms with Gasteiger partial charge in [0, 0.05) is 17.6 Å². The molecule has 3 N–H and O–H groups in total. The molecule has 0 radical (unpaired) electrons. The topological polar surface area (TPSA) is 38.0 Å². The van der Waals surface area contributed by atoms with Crippen LogP contribution >= 0.6 is 0 Å². The van der Waals surface area contributed by atoms with Crippen LogP contribution in [0.4, 0.5) is 4.39 Å². The van der Waals surface area contributed by atoms with Crippen molar-refractivity contribution in [3.05, 3.63) is 35.6 Å². The summed E-state index contributed by atoms with van der Waals surface area (Å²) in [4.78, 5) is 0. The maximum Gasteiger partial charge on any atom is 0.127 e. The van der Waals surface area contributed by atoms with Crippen LogP contribution in [-0.2, 0) is 0 Å². The summed E-state index contributed by atoms with van der Waals surface area (Å²) < 4.78 is 13.6. The van der Waals surface area contributed by atoms with Gasteiger partial charge in [-0.15, -0.1) is 0 Å². The number of nitrogens with one attached hydrogen (secondary N) is 1. The van der Waals surface area contributed by atoms with Crippen molar-refractivity contribution < 1.29 is 4.39 Å². The van der Waals surface area contributed by atoms with Crippen molar-refractivity contribution in [1.29, 1.82) is 0 Å². The predicted molar refractivity (Wildman–Crippen MR) is 58.9 cm³/mol. The van der Waals surface area contributed by atoms with Crippen LogP contribution in [0.1, 0.15) is 24.4 Å². The zero-order chi connectivity index (χ0) is 10.8. The van der Waals surface area contributed by atoms with Crippen LogP contribution in [0.15, 0.2) is 24.3 Å². The molecule has 0 heterocycles. The second-order valence-corrected chi connectivity index (χ2v) is 4.28. The van der Waals surface area contributed by atoms with Crippen molar-refractivity contribution in [2.75, 3.05) is 7.05 Å². The zero-order valence-electron chi connectivity index (χ0n) is 8.91. The summed E-state index contributed by atoms with van der Waals surface area (Å²) in [7, 11) is 1.88. The third-order valence-corrected chi connectivity index (χ3v) is 3.23. The largest absolute Gasteiger partial charge is 0.328 e. The lowest BCUT2D eigenvalue weighted by Crippen LogP contribution is -2.42. The summed E-state index contributed by atoms with van der Waals surface area (Å²) in [6, 6.07) is 7.36. The minimum Gasteiger partial charge on any atom is -0.328 e. The maximum atomic E-state index is 13.6. The summed E-state index contributed by atoms with van der Waals surface area (Å²) >= 11 is 0. The molecule has 0 aromatic heterocycles. The first-order valence-electron chi connectivity index (χ1n) is 5.39. The smallest absolute Gasteiger partial charge is 0.127 e. The Balaban J connectivity index is 2.16. The van der Waals surface area contributed by atoms with Gasteiger partial charge < -0.3 is 11.1 Å². The normalized spacial score (nSPS) is 27.1. The summed E-state index contributed by atoms with van der Waals surface area (Å²) in [5.41, 5.74) is 6.52. The maximum absolute atomic E-state index is 13.6. The van der Waals surface area contributed by atoms with Crippen LogP contribution in [0.2, 0.25) is 0 Å². The molecule has 0 saturated heterocycles. The van der Waals surface area contributed by atoms with Gasteiger partial charge in [0.15, 0.2) is 0 Å². The first-order valence-corrected chi connectivity index (χ1v) is 5.39. The summed E-state index contributed by atoms with van der Waals surface area (Å²) in [6.07, 6.45) is 1.97. The van der Waals surface area contributed by atoms with Crippen LogP contribution in [0.5, 0.6) is 0 Å². The van der Waals surface area contributed by atoms with E-state index < -0.39 is 0 Å². The van der Waals surface area contributed by atoms with Crippen molar-refractivity contribution in [1.82, 2.24) is 5.32 Å². The van der Waals surface area contributed by atoms with Crippen LogP contribution in [0.25, 0.3) is 0 Å². The molecule has 1 aliphatic rings. The predicted octanol–water partition coefficient (Wildman–Crippen LogP) is 1.82. The number of benzene rings is 1. The first kappa shape index (κ1) is 10.6. The van der Waals surface area contributed by atoms with Crippen molar-refractivity contribution in [2.24, 2.45) is 11.7 Å². The van der Waals surface area contributed by atoms with Gasteiger partial charge in [0.25, 0.3) is 0 Å². The van der Waals surface area contributed by atoms with E-state index in [1.807, 2.05) is 19.2 Å². The molecule has 3 heteroatoms. The molecule has 0 bridgehead atoms. The number of nitrogens with two attached hydrogens (primary N) is 1. The molecule has 15 heavy (non-hydrogen) atoms. The van der Waals surface area contributed by atoms with E-state index in [1.165, 1.54) is 6.07 Å². The number of hydrogen-bond acceptors (Lipinski definition) is 2. The van der Waals surface area contributed by atoms with Gasteiger partial charge in [-0.2, -0.15) is 0 Å². The van der Waals surface area contributed by atoms with Crippen LogP contribution in [-0.4, -0.2) is 13.1 Å². The van der Waals surface area contributed by atoms with Crippen molar-refractivity contribution in [3.8, 4) is 0 Å². The molecule has 1 saturated carbocycles. The van der Waals surface area contributed by atoms with Gasteiger partial charge in [-0.1, -0.05) is 18.2 Å². The van der Waals surface area contributed by atoms with E-state index in [9.17, 15) is 4.39 Å². The molecule has 0 aliphatic heterocycles. The molecule has 2 nitrogen and oxygen atoms in total. The van der Waals surface area contributed by atoms with E-state index in [4.69, 9.17) is 5.73 Å². The Labute approximate surface area is 89.7 Å². The third kappa shape index (κ3) is 2.03. The quantitative estimate of drug-likeness (QED) is 0.795. The summed E-state index contributed by atoms with van der Waals surface area (Å²) in [5.74, 6) is 0.347. The molecular weight excluding hydrogens is 191 g/mol. The number of halogens is 1. The van der Waals surface area contributed by atoms with Crippen LogP contribution < -0.4 is 11.1 Å². The number of rotatable bonds is 3. The van der Waals surface area contributed by atoms with Gasteiger partial charge in [-0.25, -0.2) is 4.39 Å². The monoisotopic (exact) mass is 208 g/mol. The van der Waals surface area contributed by atoms with Crippen molar-refractivity contribution in [3.63, 3.8) is 0 Å². The van der Waals surface area contributed by atoms with Crippen molar-refractivity contribution >= 4 is 0 Å². The minimum absolute atomic E-state index is 0.103. The molecule has 1 aromatic carbocycles. The molecule has 1 fully saturated rings. The third-order valence-electron chi connectivity index (χ3n) is 3.23. The van der Waals surface area contributed by atoms with Gasteiger partial charge in [0.1, 0.15) is 5.82 Å². The lowest BCUT2D eigenvalue weighted by molar-refractivity contribution is 0.201. The van der Waals surface area contributed by atoms with Gasteiger partial charge in [-0.05, 0) is 31.9 Å². The molecular formula is C12H17FN2. The molecule has 2 rings (SSSR count). The molecule has 0 amide bonds. The fourth-order valence-corrected chi connectivity index (χ4v) is 2.35. The lowest BCUT2D eigenvalue weighted by atomic mass is 9.74. The fraction of sp³-hybridized carbons (Fsp3) is 0.500. The lowest BCUT2D eigenvalue weighted by Gasteiger charge is -2.38. The Morgan fingerprint density at radius 2 is 2.07 bits per heavy atom. The Bertz CT molecular complexity index is 334. The molecule has 1 aliphatic carbocycles. The highest BCUT2D eigenvalue weighted by atomic mass is 19.1. The second-order valence-electron chi connectivity index (χ2n) is 4.28. The standard InChI is InChI=1S/C12H17FN2/c1-15-12(8-6-9(14)7-8)10-4-2-3-5-11(10)13/h2-5,8-9,12,15H,6-7,14H2,1H3. The molecule has 82 valence electrons. The average molecular weight is 208 g/mol. The molecule has 0 spiro atoms. The van der Waals surface area contributed by atoms with Gasteiger partial charge in [-0.3, -0.25) is 0 Å². The van der Waals surface area contributed by atoms with E-state index in [2.05, 4.69) is 5.32 Å². The Hall–Kier alpha value is -0.930. The van der Waals surface area contributed by atoms with E-state index >= 15 is 0 Å². The molecule has 1 aromatic rings. The average Bonchev–Trinajstić information content (AvgIpc) is 2.19. The van der Waals surface area contributed by atoms with Crippen LogP contribution in [0, 0.1) is 11.7 Å². The minimum atomic E-state index is -0.127. The molecule has 1 atom stereocenters. The van der Waals surface area contributed by atoms with Crippen molar-refractivity contribution in [2.45, 2.75) is 24.9 Å². The first-order chi connectivity index (χ1) is 7.22. The fourth-order valence-electron chi connectivity index (χ4n) is 2.35. The van der Waals surface area contributed by atoms with Gasteiger partial charge in [0.05, 0.1) is 0 Å². The molecule has 1 unspecified atom stereocenters. The zero-order valence-corrected chi connectivity index (χ0v) is 8.91. The highest BCUT2D eigenvalue weighted by molar-refractivity contribution is 5.22. The van der Waals surface area contributed by atoms with Gasteiger partial charge in [0.2, 0.25) is 0 Å². The highest BCUT2D eigenvalue weighted by Gasteiger charge is 2.33. The SMILES string of the molecule is CNC(c1ccccc1F)C1CC(N)C1. The number of hydrogen-bond donors (Lipinski definition) is 2. The van der Waals surface area contributed by atoms with Gasteiger partial charge >= 0.3 is 0 Å². The van der Waals surface area contributed by atoms with E-state index in [1.54, 1.807) is 6.07 Å². The Kier molecular flexibility index (Phi) is 3.03. The summed E-state index contributed by atoms with van der Waals surface area (Å²) in [5, 5.41) is 3.19. The second kappa shape index (κ2) is 4.29. The Morgan fingerprint density at radius 1 is 1.40 bits per heavy atom. The van der Waals surface area contributed by atoms with E-state index in [0.29, 0.717) is 12.0 Å². The van der Waals surface area contributed by atoms with E-state index in [0.717, 1.165) is 18.4 Å². The van der Waals surface area contributed by atoms with Crippen LogP contribution in [0.3, 0.4) is 0 Å².